The number of hydrogen-bond donors (Lipinski definition) is 1. The Kier molecular flexibility index (Phi) is 4.39. The van der Waals surface area contributed by atoms with Crippen molar-refractivity contribution < 1.29 is 9.90 Å². The normalized spacial score (nSPS) is 23.7. The van der Waals surface area contributed by atoms with Gasteiger partial charge in [-0.2, -0.15) is 0 Å². The first-order chi connectivity index (χ1) is 6.24. The van der Waals surface area contributed by atoms with Crippen LogP contribution in [0.2, 0.25) is 0 Å². The summed E-state index contributed by atoms with van der Waals surface area (Å²) in [6.07, 6.45) is 3.91. The van der Waals surface area contributed by atoms with Gasteiger partial charge < -0.3 is 9.90 Å². The monoisotopic (exact) mass is 185 g/mol. The van der Waals surface area contributed by atoms with E-state index in [1.165, 1.54) is 6.42 Å². The molecule has 0 aromatic carbocycles. The van der Waals surface area contributed by atoms with Gasteiger partial charge >= 0.3 is 0 Å². The first-order valence-corrected chi connectivity index (χ1v) is 5.08. The van der Waals surface area contributed by atoms with Crippen LogP contribution in [-0.2, 0) is 4.79 Å². The molecule has 0 aromatic heterocycles. The maximum absolute atomic E-state index is 10.7. The summed E-state index contributed by atoms with van der Waals surface area (Å²) in [5.41, 5.74) is 0. The van der Waals surface area contributed by atoms with E-state index in [0.717, 1.165) is 25.9 Å². The first kappa shape index (κ1) is 10.7. The lowest BCUT2D eigenvalue weighted by Gasteiger charge is -2.21. The van der Waals surface area contributed by atoms with Gasteiger partial charge in [-0.1, -0.05) is 0 Å². The maximum atomic E-state index is 10.7. The molecule has 1 rings (SSSR count). The molecule has 1 unspecified atom stereocenters. The number of hydrogen-bond acceptors (Lipinski definition) is 3. The topological polar surface area (TPSA) is 40.5 Å². The van der Waals surface area contributed by atoms with Gasteiger partial charge in [-0.15, -0.1) is 0 Å². The summed E-state index contributed by atoms with van der Waals surface area (Å²) in [5.74, 6) is 0.264. The zero-order valence-electron chi connectivity index (χ0n) is 8.33. The van der Waals surface area contributed by atoms with E-state index in [0.29, 0.717) is 12.5 Å². The van der Waals surface area contributed by atoms with Crippen molar-refractivity contribution in [2.45, 2.75) is 38.6 Å². The van der Waals surface area contributed by atoms with Crippen molar-refractivity contribution in [3.63, 3.8) is 0 Å². The molecule has 0 amide bonds. The van der Waals surface area contributed by atoms with Crippen LogP contribution in [0, 0.1) is 0 Å². The van der Waals surface area contributed by atoms with Crippen molar-refractivity contribution in [2.75, 3.05) is 19.7 Å². The van der Waals surface area contributed by atoms with E-state index >= 15 is 0 Å². The van der Waals surface area contributed by atoms with E-state index in [1.54, 1.807) is 6.92 Å². The van der Waals surface area contributed by atoms with Gasteiger partial charge in [0.2, 0.25) is 0 Å². The highest BCUT2D eigenvalue weighted by atomic mass is 16.3. The smallest absolute Gasteiger partial charge is 0.129 e. The molecule has 13 heavy (non-hydrogen) atoms. The Bertz CT molecular complexity index is 170. The molecular formula is C10H19NO2. The third-order valence-corrected chi connectivity index (χ3v) is 2.68. The summed E-state index contributed by atoms with van der Waals surface area (Å²) in [4.78, 5) is 13.0. The number of rotatable bonds is 5. The molecule has 0 spiro atoms. The average molecular weight is 185 g/mol. The lowest BCUT2D eigenvalue weighted by atomic mass is 10.2. The van der Waals surface area contributed by atoms with Gasteiger partial charge in [0.1, 0.15) is 5.78 Å². The van der Waals surface area contributed by atoms with Crippen LogP contribution >= 0.6 is 0 Å². The van der Waals surface area contributed by atoms with Crippen molar-refractivity contribution in [3.05, 3.63) is 0 Å². The quantitative estimate of drug-likeness (QED) is 0.689. The van der Waals surface area contributed by atoms with Crippen molar-refractivity contribution in [3.8, 4) is 0 Å². The minimum atomic E-state index is 0.264. The number of Topliss-reactive ketones (excluding diaryl/α,β-unsaturated/α-hetero) is 1. The second-order valence-electron chi connectivity index (χ2n) is 3.82. The van der Waals surface area contributed by atoms with Crippen LogP contribution in [-0.4, -0.2) is 41.5 Å². The van der Waals surface area contributed by atoms with Gasteiger partial charge in [-0.3, -0.25) is 4.90 Å². The molecule has 1 fully saturated rings. The second kappa shape index (κ2) is 5.35. The number of likely N-dealkylation sites (tertiary alicyclic amines) is 1. The number of nitrogens with zero attached hydrogens (tertiary/aromatic N) is 1. The third-order valence-electron chi connectivity index (χ3n) is 2.68. The summed E-state index contributed by atoms with van der Waals surface area (Å²) in [6.45, 7) is 3.95. The van der Waals surface area contributed by atoms with E-state index in [1.807, 2.05) is 0 Å². The van der Waals surface area contributed by atoms with E-state index in [2.05, 4.69) is 4.90 Å². The van der Waals surface area contributed by atoms with Gasteiger partial charge in [0.05, 0.1) is 6.61 Å². The van der Waals surface area contributed by atoms with Gasteiger partial charge in [0, 0.05) is 12.5 Å². The number of aliphatic hydroxyl groups is 1. The molecule has 0 radical (unpaired) electrons. The predicted molar refractivity (Wildman–Crippen MR) is 51.6 cm³/mol. The molecule has 1 saturated heterocycles. The highest BCUT2D eigenvalue weighted by molar-refractivity contribution is 5.75. The SMILES string of the molecule is CC(=O)CCCN1CCCC1CO. The molecule has 0 bridgehead atoms. The average Bonchev–Trinajstić information content (AvgIpc) is 2.51. The molecule has 1 aliphatic rings. The van der Waals surface area contributed by atoms with E-state index in [9.17, 15) is 4.79 Å². The van der Waals surface area contributed by atoms with Crippen LogP contribution in [0.4, 0.5) is 0 Å². The third kappa shape index (κ3) is 3.44. The highest BCUT2D eigenvalue weighted by Crippen LogP contribution is 2.16. The molecule has 1 heterocycles. The summed E-state index contributed by atoms with van der Waals surface area (Å²) < 4.78 is 0. The molecule has 1 N–H and O–H groups in total. The number of ketones is 1. The standard InChI is InChI=1S/C10H19NO2/c1-9(13)4-2-6-11-7-3-5-10(11)8-12/h10,12H,2-8H2,1H3. The Morgan fingerprint density at radius 3 is 3.00 bits per heavy atom. The van der Waals surface area contributed by atoms with Crippen LogP contribution < -0.4 is 0 Å². The highest BCUT2D eigenvalue weighted by Gasteiger charge is 2.22. The lowest BCUT2D eigenvalue weighted by Crippen LogP contribution is -2.33. The van der Waals surface area contributed by atoms with Crippen molar-refractivity contribution in [1.82, 2.24) is 4.90 Å². The molecule has 0 saturated carbocycles. The lowest BCUT2D eigenvalue weighted by molar-refractivity contribution is -0.117. The Hall–Kier alpha value is -0.410. The molecule has 3 nitrogen and oxygen atoms in total. The minimum absolute atomic E-state index is 0.264. The van der Waals surface area contributed by atoms with E-state index < -0.39 is 0 Å². The summed E-state index contributed by atoms with van der Waals surface area (Å²) >= 11 is 0. The fourth-order valence-corrected chi connectivity index (χ4v) is 1.93. The zero-order valence-corrected chi connectivity index (χ0v) is 8.33. The van der Waals surface area contributed by atoms with Gasteiger partial charge in [-0.25, -0.2) is 0 Å². The van der Waals surface area contributed by atoms with Gasteiger partial charge in [0.25, 0.3) is 0 Å². The van der Waals surface area contributed by atoms with Crippen LogP contribution in [0.5, 0.6) is 0 Å². The van der Waals surface area contributed by atoms with Crippen molar-refractivity contribution in [1.29, 1.82) is 0 Å². The van der Waals surface area contributed by atoms with E-state index in [4.69, 9.17) is 5.11 Å². The molecule has 1 aliphatic heterocycles. The van der Waals surface area contributed by atoms with Crippen LogP contribution in [0.3, 0.4) is 0 Å². The summed E-state index contributed by atoms with van der Waals surface area (Å²) in [7, 11) is 0. The zero-order chi connectivity index (χ0) is 9.68. The minimum Gasteiger partial charge on any atom is -0.395 e. The Morgan fingerprint density at radius 2 is 2.38 bits per heavy atom. The van der Waals surface area contributed by atoms with E-state index in [-0.39, 0.29) is 12.4 Å². The largest absolute Gasteiger partial charge is 0.395 e. The maximum Gasteiger partial charge on any atom is 0.129 e. The van der Waals surface area contributed by atoms with Crippen LogP contribution in [0.15, 0.2) is 0 Å². The molecule has 0 aliphatic carbocycles. The fraction of sp³-hybridized carbons (Fsp3) is 0.900. The molecular weight excluding hydrogens is 166 g/mol. The molecule has 3 heteroatoms. The Labute approximate surface area is 79.7 Å². The molecule has 0 aromatic rings. The van der Waals surface area contributed by atoms with Crippen LogP contribution in [0.25, 0.3) is 0 Å². The molecule has 1 atom stereocenters. The van der Waals surface area contributed by atoms with Crippen LogP contribution in [0.1, 0.15) is 32.6 Å². The number of carbonyl (C=O) groups excluding carboxylic acids is 1. The fourth-order valence-electron chi connectivity index (χ4n) is 1.93. The Balaban J connectivity index is 2.16. The summed E-state index contributed by atoms with van der Waals surface area (Å²) in [6, 6.07) is 0.354. The number of carbonyl (C=O) groups is 1. The second-order valence-corrected chi connectivity index (χ2v) is 3.82. The number of aliphatic hydroxyl groups excluding tert-OH is 1. The molecule has 76 valence electrons. The van der Waals surface area contributed by atoms with Gasteiger partial charge in [-0.05, 0) is 39.3 Å². The van der Waals surface area contributed by atoms with Gasteiger partial charge in [0.15, 0.2) is 0 Å². The van der Waals surface area contributed by atoms with Crippen molar-refractivity contribution >= 4 is 5.78 Å². The van der Waals surface area contributed by atoms with Crippen molar-refractivity contribution in [2.24, 2.45) is 0 Å². The Morgan fingerprint density at radius 1 is 1.62 bits per heavy atom. The predicted octanol–water partition coefficient (Wildman–Crippen LogP) is 0.812. The summed E-state index contributed by atoms with van der Waals surface area (Å²) in [5, 5.41) is 9.04. The first-order valence-electron chi connectivity index (χ1n) is 5.08.